The van der Waals surface area contributed by atoms with Gasteiger partial charge in [-0.05, 0) is 36.9 Å². The van der Waals surface area contributed by atoms with Crippen LogP contribution >= 0.6 is 15.9 Å². The Kier molecular flexibility index (Phi) is 4.71. The van der Waals surface area contributed by atoms with Crippen LogP contribution in [0.5, 0.6) is 0 Å². The van der Waals surface area contributed by atoms with Gasteiger partial charge in [0, 0.05) is 42.9 Å². The van der Waals surface area contributed by atoms with E-state index in [9.17, 15) is 4.39 Å². The van der Waals surface area contributed by atoms with Gasteiger partial charge in [-0.25, -0.2) is 4.39 Å². The average Bonchev–Trinajstić information content (AvgIpc) is 2.77. The van der Waals surface area contributed by atoms with Crippen molar-refractivity contribution >= 4 is 15.9 Å². The predicted molar refractivity (Wildman–Crippen MR) is 77.3 cm³/mol. The first-order chi connectivity index (χ1) is 9.06. The van der Waals surface area contributed by atoms with E-state index in [1.165, 1.54) is 11.8 Å². The number of aryl methyl sites for hydroxylation is 1. The topological polar surface area (TPSA) is 21.1 Å². The van der Waals surface area contributed by atoms with E-state index in [4.69, 9.17) is 0 Å². The maximum absolute atomic E-state index is 13.2. The van der Waals surface area contributed by atoms with Crippen LogP contribution in [-0.2, 0) is 20.0 Å². The lowest BCUT2D eigenvalue weighted by Gasteiger charge is -2.17. The molecule has 0 unspecified atom stereocenters. The summed E-state index contributed by atoms with van der Waals surface area (Å²) in [6.45, 7) is 1.62. The zero-order valence-corrected chi connectivity index (χ0v) is 12.7. The van der Waals surface area contributed by atoms with Gasteiger partial charge in [0.05, 0.1) is 0 Å². The fourth-order valence-corrected chi connectivity index (χ4v) is 2.36. The molecular formula is C14H17BrFN3. The van der Waals surface area contributed by atoms with Crippen LogP contribution in [0, 0.1) is 5.82 Å². The van der Waals surface area contributed by atoms with Crippen molar-refractivity contribution in [3.63, 3.8) is 0 Å². The summed E-state index contributed by atoms with van der Waals surface area (Å²) in [4.78, 5) is 2.17. The van der Waals surface area contributed by atoms with Gasteiger partial charge < -0.3 is 4.90 Å². The second-order valence-corrected chi connectivity index (χ2v) is 5.52. The Morgan fingerprint density at radius 1 is 1.37 bits per heavy atom. The number of hydrogen-bond acceptors (Lipinski definition) is 2. The molecular weight excluding hydrogens is 309 g/mol. The number of benzene rings is 1. The smallest absolute Gasteiger partial charge is 0.123 e. The summed E-state index contributed by atoms with van der Waals surface area (Å²) >= 11 is 3.45. The summed E-state index contributed by atoms with van der Waals surface area (Å²) in [6, 6.07) is 6.81. The number of halogens is 2. The van der Waals surface area contributed by atoms with Gasteiger partial charge in [0.2, 0.25) is 0 Å². The molecule has 0 N–H and O–H groups in total. The highest BCUT2D eigenvalue weighted by molar-refractivity contribution is 9.10. The molecule has 5 heteroatoms. The van der Waals surface area contributed by atoms with Gasteiger partial charge in [0.15, 0.2) is 0 Å². The fourth-order valence-electron chi connectivity index (χ4n) is 1.99. The van der Waals surface area contributed by atoms with E-state index in [-0.39, 0.29) is 5.82 Å². The lowest BCUT2D eigenvalue weighted by molar-refractivity contribution is 0.327. The van der Waals surface area contributed by atoms with Gasteiger partial charge in [0.25, 0.3) is 0 Å². The maximum Gasteiger partial charge on any atom is 0.123 e. The Labute approximate surface area is 121 Å². The van der Waals surface area contributed by atoms with Crippen molar-refractivity contribution in [1.29, 1.82) is 0 Å². The first kappa shape index (κ1) is 14.2. The summed E-state index contributed by atoms with van der Waals surface area (Å²) < 4.78 is 16.0. The van der Waals surface area contributed by atoms with Crippen molar-refractivity contribution in [1.82, 2.24) is 14.7 Å². The van der Waals surface area contributed by atoms with E-state index < -0.39 is 0 Å². The summed E-state index contributed by atoms with van der Waals surface area (Å²) in [7, 11) is 3.98. The Hall–Kier alpha value is -1.20. The van der Waals surface area contributed by atoms with Gasteiger partial charge in [-0.3, -0.25) is 4.68 Å². The van der Waals surface area contributed by atoms with E-state index >= 15 is 0 Å². The highest BCUT2D eigenvalue weighted by Crippen LogP contribution is 2.19. The molecule has 0 saturated carbocycles. The molecule has 0 aliphatic rings. The molecule has 0 saturated heterocycles. The minimum Gasteiger partial charge on any atom is -0.302 e. The van der Waals surface area contributed by atoms with E-state index in [1.807, 2.05) is 24.8 Å². The van der Waals surface area contributed by atoms with Crippen molar-refractivity contribution < 1.29 is 4.39 Å². The molecule has 1 heterocycles. The monoisotopic (exact) mass is 325 g/mol. The molecule has 19 heavy (non-hydrogen) atoms. The third-order valence-corrected chi connectivity index (χ3v) is 3.89. The summed E-state index contributed by atoms with van der Waals surface area (Å²) in [5.74, 6) is -0.196. The van der Waals surface area contributed by atoms with Crippen molar-refractivity contribution in [2.75, 3.05) is 13.6 Å². The zero-order chi connectivity index (χ0) is 13.8. The number of likely N-dealkylation sites (N-methyl/N-ethyl adjacent to an activating group) is 1. The molecule has 1 aromatic carbocycles. The van der Waals surface area contributed by atoms with Crippen LogP contribution in [0.15, 0.2) is 34.9 Å². The third kappa shape index (κ3) is 3.88. The van der Waals surface area contributed by atoms with Gasteiger partial charge in [-0.15, -0.1) is 0 Å². The quantitative estimate of drug-likeness (QED) is 0.842. The van der Waals surface area contributed by atoms with Gasteiger partial charge in [-0.1, -0.05) is 15.9 Å². The minimum atomic E-state index is -0.196. The molecule has 0 aliphatic heterocycles. The first-order valence-corrected chi connectivity index (χ1v) is 6.95. The molecule has 0 fully saturated rings. The van der Waals surface area contributed by atoms with Crippen molar-refractivity contribution in [2.45, 2.75) is 13.0 Å². The molecule has 0 amide bonds. The molecule has 2 rings (SSSR count). The van der Waals surface area contributed by atoms with Crippen LogP contribution in [0.3, 0.4) is 0 Å². The molecule has 102 valence electrons. The van der Waals surface area contributed by atoms with Gasteiger partial charge in [-0.2, -0.15) is 5.10 Å². The van der Waals surface area contributed by atoms with Crippen LogP contribution in [0.4, 0.5) is 4.39 Å². The number of hydrogen-bond donors (Lipinski definition) is 0. The van der Waals surface area contributed by atoms with Crippen molar-refractivity contribution in [3.8, 4) is 0 Å². The number of rotatable bonds is 5. The summed E-state index contributed by atoms with van der Waals surface area (Å²) in [5, 5.41) is 4.15. The Balaban J connectivity index is 1.92. The van der Waals surface area contributed by atoms with Crippen LogP contribution in [-0.4, -0.2) is 28.3 Å². The fraction of sp³-hybridized carbons (Fsp3) is 0.357. The molecule has 1 aromatic heterocycles. The molecule has 0 bridgehead atoms. The molecule has 2 aromatic rings. The van der Waals surface area contributed by atoms with Crippen LogP contribution in [0.25, 0.3) is 0 Å². The third-order valence-electron chi connectivity index (χ3n) is 3.12. The average molecular weight is 326 g/mol. The predicted octanol–water partition coefficient (Wildman–Crippen LogP) is 3.00. The van der Waals surface area contributed by atoms with Crippen LogP contribution < -0.4 is 0 Å². The minimum absolute atomic E-state index is 0.196. The Morgan fingerprint density at radius 2 is 2.16 bits per heavy atom. The summed E-state index contributed by atoms with van der Waals surface area (Å²) in [6.07, 6.45) is 2.73. The lowest BCUT2D eigenvalue weighted by Crippen LogP contribution is -2.21. The van der Waals surface area contributed by atoms with E-state index in [0.717, 1.165) is 29.5 Å². The van der Waals surface area contributed by atoms with Crippen LogP contribution in [0.2, 0.25) is 0 Å². The number of nitrogens with zero attached hydrogens (tertiary/aromatic N) is 3. The maximum atomic E-state index is 13.2. The Morgan fingerprint density at radius 3 is 2.84 bits per heavy atom. The Bertz CT molecular complexity index is 553. The van der Waals surface area contributed by atoms with Gasteiger partial charge in [0.1, 0.15) is 5.82 Å². The second kappa shape index (κ2) is 6.30. The highest BCUT2D eigenvalue weighted by Gasteiger charge is 2.07. The van der Waals surface area contributed by atoms with E-state index in [0.29, 0.717) is 0 Å². The summed E-state index contributed by atoms with van der Waals surface area (Å²) in [5.41, 5.74) is 2.16. The molecule has 0 radical (unpaired) electrons. The normalized spacial score (nSPS) is 11.2. The highest BCUT2D eigenvalue weighted by atomic mass is 79.9. The molecule has 0 atom stereocenters. The van der Waals surface area contributed by atoms with E-state index in [1.54, 1.807) is 18.3 Å². The SMILES string of the molecule is CN(CCc1ccnn1C)Cc1cc(F)ccc1Br. The van der Waals surface area contributed by atoms with E-state index in [2.05, 4.69) is 25.9 Å². The largest absolute Gasteiger partial charge is 0.302 e. The van der Waals surface area contributed by atoms with Crippen molar-refractivity contribution in [2.24, 2.45) is 7.05 Å². The molecule has 0 spiro atoms. The zero-order valence-electron chi connectivity index (χ0n) is 11.1. The second-order valence-electron chi connectivity index (χ2n) is 4.67. The molecule has 0 aliphatic carbocycles. The van der Waals surface area contributed by atoms with Crippen LogP contribution in [0.1, 0.15) is 11.3 Å². The standard InChI is InChI=1S/C14H17BrFN3/c1-18(8-6-13-5-7-17-19(13)2)10-11-9-12(16)3-4-14(11)15/h3-5,7,9H,6,8,10H2,1-2H3. The van der Waals surface area contributed by atoms with Gasteiger partial charge >= 0.3 is 0 Å². The first-order valence-electron chi connectivity index (χ1n) is 6.15. The van der Waals surface area contributed by atoms with Crippen molar-refractivity contribution in [3.05, 3.63) is 52.0 Å². The molecule has 3 nitrogen and oxygen atoms in total. The number of aromatic nitrogens is 2. The lowest BCUT2D eigenvalue weighted by atomic mass is 10.2.